The SMILES string of the molecule is Cc1cc(F)ccc1C(O)CN(C)CC(C)C. The van der Waals surface area contributed by atoms with E-state index in [1.807, 2.05) is 14.0 Å². The number of hydrogen-bond donors (Lipinski definition) is 1. The Balaban J connectivity index is 2.66. The molecule has 0 radical (unpaired) electrons. The van der Waals surface area contributed by atoms with Crippen molar-refractivity contribution in [2.45, 2.75) is 26.9 Å². The summed E-state index contributed by atoms with van der Waals surface area (Å²) in [6.45, 7) is 7.63. The second-order valence-electron chi connectivity index (χ2n) is 5.13. The Hall–Kier alpha value is -0.930. The fraction of sp³-hybridized carbons (Fsp3) is 0.571. The molecule has 0 saturated carbocycles. The molecule has 0 aliphatic rings. The number of rotatable bonds is 5. The van der Waals surface area contributed by atoms with E-state index < -0.39 is 6.10 Å². The van der Waals surface area contributed by atoms with Gasteiger partial charge in [0.25, 0.3) is 0 Å². The zero-order chi connectivity index (χ0) is 13.0. The van der Waals surface area contributed by atoms with Gasteiger partial charge in [-0.1, -0.05) is 19.9 Å². The number of halogens is 1. The summed E-state index contributed by atoms with van der Waals surface area (Å²) in [7, 11) is 1.99. The molecule has 1 aromatic carbocycles. The van der Waals surface area contributed by atoms with Crippen LogP contribution in [0.15, 0.2) is 18.2 Å². The van der Waals surface area contributed by atoms with Crippen LogP contribution in [0.25, 0.3) is 0 Å². The molecule has 17 heavy (non-hydrogen) atoms. The summed E-state index contributed by atoms with van der Waals surface area (Å²) in [5, 5.41) is 10.1. The van der Waals surface area contributed by atoms with Gasteiger partial charge in [-0.3, -0.25) is 0 Å². The quantitative estimate of drug-likeness (QED) is 0.854. The Morgan fingerprint density at radius 3 is 2.47 bits per heavy atom. The largest absolute Gasteiger partial charge is 0.387 e. The van der Waals surface area contributed by atoms with Gasteiger partial charge >= 0.3 is 0 Å². The summed E-state index contributed by atoms with van der Waals surface area (Å²) in [6, 6.07) is 4.52. The van der Waals surface area contributed by atoms with Crippen molar-refractivity contribution in [3.63, 3.8) is 0 Å². The zero-order valence-corrected chi connectivity index (χ0v) is 11.1. The Kier molecular flexibility index (Phi) is 5.09. The van der Waals surface area contributed by atoms with Gasteiger partial charge in [-0.15, -0.1) is 0 Å². The Bertz CT molecular complexity index is 365. The first-order valence-corrected chi connectivity index (χ1v) is 6.02. The minimum absolute atomic E-state index is 0.256. The van der Waals surface area contributed by atoms with E-state index in [4.69, 9.17) is 0 Å². The highest BCUT2D eigenvalue weighted by molar-refractivity contribution is 5.28. The van der Waals surface area contributed by atoms with Gasteiger partial charge in [0, 0.05) is 13.1 Å². The first-order valence-electron chi connectivity index (χ1n) is 6.02. The van der Waals surface area contributed by atoms with E-state index >= 15 is 0 Å². The van der Waals surface area contributed by atoms with Crippen molar-refractivity contribution in [3.8, 4) is 0 Å². The molecule has 0 aliphatic carbocycles. The van der Waals surface area contributed by atoms with Gasteiger partial charge < -0.3 is 10.0 Å². The monoisotopic (exact) mass is 239 g/mol. The van der Waals surface area contributed by atoms with E-state index in [1.54, 1.807) is 6.07 Å². The standard InChI is InChI=1S/C14H22FNO/c1-10(2)8-16(4)9-14(17)13-6-5-12(15)7-11(13)3/h5-7,10,14,17H,8-9H2,1-4H3. The number of likely N-dealkylation sites (N-methyl/N-ethyl adjacent to an activating group) is 1. The van der Waals surface area contributed by atoms with Crippen molar-refractivity contribution in [2.24, 2.45) is 5.92 Å². The minimum Gasteiger partial charge on any atom is -0.387 e. The second kappa shape index (κ2) is 6.12. The van der Waals surface area contributed by atoms with E-state index in [2.05, 4.69) is 18.7 Å². The fourth-order valence-corrected chi connectivity index (χ4v) is 2.10. The lowest BCUT2D eigenvalue weighted by molar-refractivity contribution is 0.120. The molecule has 0 amide bonds. The van der Waals surface area contributed by atoms with E-state index in [9.17, 15) is 9.50 Å². The summed E-state index contributed by atoms with van der Waals surface area (Å²) < 4.78 is 13.0. The van der Waals surface area contributed by atoms with Crippen LogP contribution in [0.4, 0.5) is 4.39 Å². The van der Waals surface area contributed by atoms with Crippen molar-refractivity contribution in [1.29, 1.82) is 0 Å². The summed E-state index contributed by atoms with van der Waals surface area (Å²) in [5.74, 6) is 0.315. The first-order chi connectivity index (χ1) is 7.90. The van der Waals surface area contributed by atoms with Gasteiger partial charge in [0.2, 0.25) is 0 Å². The average Bonchev–Trinajstić information content (AvgIpc) is 2.15. The minimum atomic E-state index is -0.556. The third-order valence-corrected chi connectivity index (χ3v) is 2.75. The number of aryl methyl sites for hydroxylation is 1. The van der Waals surface area contributed by atoms with Gasteiger partial charge in [-0.05, 0) is 43.1 Å². The lowest BCUT2D eigenvalue weighted by atomic mass is 10.0. The van der Waals surface area contributed by atoms with Crippen LogP contribution in [-0.2, 0) is 0 Å². The summed E-state index contributed by atoms with van der Waals surface area (Å²) in [5.41, 5.74) is 1.61. The predicted octanol–water partition coefficient (Wildman–Crippen LogP) is 2.76. The molecule has 1 atom stereocenters. The highest BCUT2D eigenvalue weighted by Crippen LogP contribution is 2.19. The zero-order valence-electron chi connectivity index (χ0n) is 11.1. The molecular formula is C14H22FNO. The van der Waals surface area contributed by atoms with Crippen LogP contribution in [0.1, 0.15) is 31.1 Å². The van der Waals surface area contributed by atoms with E-state index in [1.165, 1.54) is 12.1 Å². The molecule has 0 bridgehead atoms. The normalized spacial score (nSPS) is 13.4. The average molecular weight is 239 g/mol. The summed E-state index contributed by atoms with van der Waals surface area (Å²) >= 11 is 0. The number of aliphatic hydroxyl groups excluding tert-OH is 1. The number of benzene rings is 1. The van der Waals surface area contributed by atoms with Crippen LogP contribution in [0.5, 0.6) is 0 Å². The molecule has 96 valence electrons. The molecule has 0 spiro atoms. The molecular weight excluding hydrogens is 217 g/mol. The molecule has 2 nitrogen and oxygen atoms in total. The van der Waals surface area contributed by atoms with Crippen molar-refractivity contribution >= 4 is 0 Å². The molecule has 0 saturated heterocycles. The van der Waals surface area contributed by atoms with Gasteiger partial charge in [-0.25, -0.2) is 4.39 Å². The maximum absolute atomic E-state index is 13.0. The fourth-order valence-electron chi connectivity index (χ4n) is 2.10. The molecule has 1 unspecified atom stereocenters. The highest BCUT2D eigenvalue weighted by Gasteiger charge is 2.13. The van der Waals surface area contributed by atoms with Crippen LogP contribution in [0, 0.1) is 18.7 Å². The lowest BCUT2D eigenvalue weighted by Crippen LogP contribution is -2.28. The van der Waals surface area contributed by atoms with Crippen LogP contribution in [-0.4, -0.2) is 30.1 Å². The van der Waals surface area contributed by atoms with Crippen molar-refractivity contribution in [1.82, 2.24) is 4.90 Å². The van der Waals surface area contributed by atoms with Gasteiger partial charge in [-0.2, -0.15) is 0 Å². The Morgan fingerprint density at radius 1 is 1.29 bits per heavy atom. The molecule has 1 aromatic rings. The summed E-state index contributed by atoms with van der Waals surface area (Å²) in [6.07, 6.45) is -0.556. The maximum atomic E-state index is 13.0. The Labute approximate surface area is 103 Å². The van der Waals surface area contributed by atoms with Crippen LogP contribution in [0.2, 0.25) is 0 Å². The summed E-state index contributed by atoms with van der Waals surface area (Å²) in [4.78, 5) is 2.10. The Morgan fingerprint density at radius 2 is 1.94 bits per heavy atom. The van der Waals surface area contributed by atoms with E-state index in [0.29, 0.717) is 12.5 Å². The highest BCUT2D eigenvalue weighted by atomic mass is 19.1. The maximum Gasteiger partial charge on any atom is 0.123 e. The molecule has 0 aromatic heterocycles. The molecule has 0 aliphatic heterocycles. The second-order valence-corrected chi connectivity index (χ2v) is 5.13. The van der Waals surface area contributed by atoms with Crippen molar-refractivity contribution in [2.75, 3.05) is 20.1 Å². The molecule has 0 fully saturated rings. The van der Waals surface area contributed by atoms with Crippen molar-refractivity contribution in [3.05, 3.63) is 35.1 Å². The van der Waals surface area contributed by atoms with Gasteiger partial charge in [0.1, 0.15) is 5.82 Å². The third-order valence-electron chi connectivity index (χ3n) is 2.75. The topological polar surface area (TPSA) is 23.5 Å². The molecule has 1 N–H and O–H groups in total. The third kappa shape index (κ3) is 4.44. The molecule has 1 rings (SSSR count). The van der Waals surface area contributed by atoms with Crippen LogP contribution in [0.3, 0.4) is 0 Å². The van der Waals surface area contributed by atoms with E-state index in [0.717, 1.165) is 17.7 Å². The van der Waals surface area contributed by atoms with Gasteiger partial charge in [0.05, 0.1) is 6.10 Å². The van der Waals surface area contributed by atoms with Gasteiger partial charge in [0.15, 0.2) is 0 Å². The van der Waals surface area contributed by atoms with Crippen LogP contribution < -0.4 is 0 Å². The van der Waals surface area contributed by atoms with Crippen LogP contribution >= 0.6 is 0 Å². The number of aliphatic hydroxyl groups is 1. The lowest BCUT2D eigenvalue weighted by Gasteiger charge is -2.23. The number of hydrogen-bond acceptors (Lipinski definition) is 2. The number of nitrogens with zero attached hydrogens (tertiary/aromatic N) is 1. The van der Waals surface area contributed by atoms with E-state index in [-0.39, 0.29) is 5.82 Å². The molecule has 0 heterocycles. The van der Waals surface area contributed by atoms with Crippen molar-refractivity contribution < 1.29 is 9.50 Å². The smallest absolute Gasteiger partial charge is 0.123 e. The first kappa shape index (κ1) is 14.1. The molecule has 3 heteroatoms. The predicted molar refractivity (Wildman–Crippen MR) is 68.4 cm³/mol.